The highest BCUT2D eigenvalue weighted by Crippen LogP contribution is 1.93. The molecular weight excluding hydrogens is 490 g/mol. The fourth-order valence-electron chi connectivity index (χ4n) is 2.45. The summed E-state index contributed by atoms with van der Waals surface area (Å²) >= 11 is 0. The summed E-state index contributed by atoms with van der Waals surface area (Å²) in [6, 6.07) is 0. The third kappa shape index (κ3) is 48.7. The second-order valence-corrected chi connectivity index (χ2v) is 7.20. The quantitative estimate of drug-likeness (QED) is 0.130. The Morgan fingerprint density at radius 2 is 0.500 bits per heavy atom. The molecule has 0 aromatic heterocycles. The van der Waals surface area contributed by atoms with Gasteiger partial charge < -0.3 is 37.9 Å². The average molecular weight is 558 g/mol. The Morgan fingerprint density at radius 1 is 0.316 bits per heavy atom. The third-order valence-electron chi connectivity index (χ3n) is 4.13. The Kier molecular flexibility index (Phi) is 58.3. The molecule has 0 saturated carbocycles. The first kappa shape index (κ1) is 44.7. The molecule has 9 heteroatoms. The van der Waals surface area contributed by atoms with Crippen LogP contribution in [0.25, 0.3) is 0 Å². The van der Waals surface area contributed by atoms with E-state index in [2.05, 4.69) is 18.7 Å². The smallest absolute Gasteiger partial charge is 0.0701 e. The molecule has 0 aliphatic rings. The molecule has 0 radical (unpaired) electrons. The first-order chi connectivity index (χ1) is 18.8. The van der Waals surface area contributed by atoms with Crippen LogP contribution >= 0.6 is 0 Å². The van der Waals surface area contributed by atoms with Crippen LogP contribution in [0.4, 0.5) is 0 Å². The monoisotopic (exact) mass is 557 g/mol. The standard InChI is InChI=1S/C22H47NO8.C3H8.2C2H6/c1-4-24-13-16-27-10-7-23(8-11-28-19-21-30-17-14-25-5-2)9-12-29-20-22-31-18-15-26-6-3;1-3-2;2*1-2/h4-22H2,1-3H3;3H2,1-2H3;2*1-2H3. The molecule has 0 aromatic carbocycles. The molecule has 9 nitrogen and oxygen atoms in total. The van der Waals surface area contributed by atoms with E-state index in [4.69, 9.17) is 37.9 Å². The highest BCUT2D eigenvalue weighted by molar-refractivity contribution is 4.57. The van der Waals surface area contributed by atoms with E-state index in [9.17, 15) is 0 Å². The van der Waals surface area contributed by atoms with E-state index in [0.717, 1.165) is 39.5 Å². The van der Waals surface area contributed by atoms with Gasteiger partial charge in [0.05, 0.1) is 85.9 Å². The molecule has 0 unspecified atom stereocenters. The third-order valence-corrected chi connectivity index (χ3v) is 4.13. The lowest BCUT2D eigenvalue weighted by atomic mass is 10.4. The first-order valence-electron chi connectivity index (χ1n) is 15.1. The molecule has 236 valence electrons. The van der Waals surface area contributed by atoms with Crippen molar-refractivity contribution in [2.75, 3.05) is 125 Å². The van der Waals surface area contributed by atoms with Gasteiger partial charge in [0, 0.05) is 39.5 Å². The second-order valence-electron chi connectivity index (χ2n) is 7.20. The zero-order chi connectivity index (χ0) is 29.4. The van der Waals surface area contributed by atoms with Gasteiger partial charge in [0.2, 0.25) is 0 Å². The first-order valence-corrected chi connectivity index (χ1v) is 15.1. The van der Waals surface area contributed by atoms with E-state index in [-0.39, 0.29) is 0 Å². The van der Waals surface area contributed by atoms with E-state index < -0.39 is 0 Å². The molecule has 0 amide bonds. The van der Waals surface area contributed by atoms with Gasteiger partial charge in [0.15, 0.2) is 0 Å². The largest absolute Gasteiger partial charge is 0.379 e. The van der Waals surface area contributed by atoms with E-state index in [0.29, 0.717) is 85.9 Å². The maximum Gasteiger partial charge on any atom is 0.0701 e. The van der Waals surface area contributed by atoms with Crippen LogP contribution < -0.4 is 0 Å². The summed E-state index contributed by atoms with van der Waals surface area (Å²) in [4.78, 5) is 2.28. The normalized spacial score (nSPS) is 10.3. The van der Waals surface area contributed by atoms with Crippen LogP contribution in [-0.2, 0) is 37.9 Å². The summed E-state index contributed by atoms with van der Waals surface area (Å²) in [5, 5.41) is 0. The number of rotatable bonds is 27. The summed E-state index contributed by atoms with van der Waals surface area (Å²) in [7, 11) is 0. The predicted molar refractivity (Wildman–Crippen MR) is 159 cm³/mol. The minimum absolute atomic E-state index is 0.583. The summed E-state index contributed by atoms with van der Waals surface area (Å²) in [6.45, 7) is 30.8. The molecule has 0 aliphatic carbocycles. The van der Waals surface area contributed by atoms with E-state index in [1.807, 2.05) is 48.5 Å². The Hall–Kier alpha value is -0.360. The lowest BCUT2D eigenvalue weighted by Gasteiger charge is -2.22. The molecule has 0 spiro atoms. The van der Waals surface area contributed by atoms with Gasteiger partial charge in [-0.05, 0) is 20.8 Å². The van der Waals surface area contributed by atoms with Crippen molar-refractivity contribution in [2.45, 2.75) is 68.7 Å². The molecule has 38 heavy (non-hydrogen) atoms. The van der Waals surface area contributed by atoms with Crippen molar-refractivity contribution in [1.29, 1.82) is 0 Å². The summed E-state index contributed by atoms with van der Waals surface area (Å²) < 4.78 is 43.6. The fraction of sp³-hybridized carbons (Fsp3) is 1.00. The van der Waals surface area contributed by atoms with Crippen molar-refractivity contribution in [3.05, 3.63) is 0 Å². The fourth-order valence-corrected chi connectivity index (χ4v) is 2.45. The van der Waals surface area contributed by atoms with Gasteiger partial charge in [-0.3, -0.25) is 4.90 Å². The number of ether oxygens (including phenoxy) is 8. The van der Waals surface area contributed by atoms with Crippen molar-refractivity contribution in [2.24, 2.45) is 0 Å². The Bertz CT molecular complexity index is 320. The minimum Gasteiger partial charge on any atom is -0.379 e. The van der Waals surface area contributed by atoms with Gasteiger partial charge in [-0.15, -0.1) is 0 Å². The zero-order valence-electron chi connectivity index (χ0n) is 26.9. The maximum absolute atomic E-state index is 5.68. The second kappa shape index (κ2) is 49.6. The topological polar surface area (TPSA) is 77.1 Å². The minimum atomic E-state index is 0.583. The predicted octanol–water partition coefficient (Wildman–Crippen LogP) is 4.95. The van der Waals surface area contributed by atoms with E-state index >= 15 is 0 Å². The van der Waals surface area contributed by atoms with E-state index in [1.54, 1.807) is 0 Å². The van der Waals surface area contributed by atoms with Gasteiger partial charge in [-0.2, -0.15) is 0 Å². The Balaban J connectivity index is -0.000000748. The molecule has 0 bridgehead atoms. The van der Waals surface area contributed by atoms with Crippen LogP contribution in [0.2, 0.25) is 0 Å². The molecular formula is C29H67NO8. The van der Waals surface area contributed by atoms with Crippen molar-refractivity contribution >= 4 is 0 Å². The van der Waals surface area contributed by atoms with Crippen LogP contribution in [0.3, 0.4) is 0 Å². The van der Waals surface area contributed by atoms with Gasteiger partial charge in [0.25, 0.3) is 0 Å². The van der Waals surface area contributed by atoms with Crippen LogP contribution in [0.5, 0.6) is 0 Å². The maximum atomic E-state index is 5.68. The van der Waals surface area contributed by atoms with Gasteiger partial charge in [-0.25, -0.2) is 0 Å². The van der Waals surface area contributed by atoms with Crippen molar-refractivity contribution in [3.63, 3.8) is 0 Å². The van der Waals surface area contributed by atoms with Crippen LogP contribution in [0, 0.1) is 0 Å². The molecule has 0 heterocycles. The van der Waals surface area contributed by atoms with Gasteiger partial charge in [0.1, 0.15) is 0 Å². The summed E-state index contributed by atoms with van der Waals surface area (Å²) in [5.74, 6) is 0. The number of hydrogen-bond acceptors (Lipinski definition) is 9. The summed E-state index contributed by atoms with van der Waals surface area (Å²) in [5.41, 5.74) is 0. The molecule has 0 fully saturated rings. The Labute approximate surface area is 237 Å². The zero-order valence-corrected chi connectivity index (χ0v) is 26.9. The molecule has 0 aliphatic heterocycles. The average Bonchev–Trinajstić information content (AvgIpc) is 2.95. The van der Waals surface area contributed by atoms with E-state index in [1.165, 1.54) is 6.42 Å². The van der Waals surface area contributed by atoms with Crippen LogP contribution in [0.1, 0.15) is 68.7 Å². The lowest BCUT2D eigenvalue weighted by Crippen LogP contribution is -2.34. The number of hydrogen-bond donors (Lipinski definition) is 0. The highest BCUT2D eigenvalue weighted by atomic mass is 16.6. The molecule has 0 atom stereocenters. The molecule has 0 aromatic rings. The summed E-state index contributed by atoms with van der Waals surface area (Å²) in [6.07, 6.45) is 1.25. The van der Waals surface area contributed by atoms with Crippen molar-refractivity contribution in [1.82, 2.24) is 4.90 Å². The number of nitrogens with zero attached hydrogens (tertiary/aromatic N) is 1. The highest BCUT2D eigenvalue weighted by Gasteiger charge is 2.05. The lowest BCUT2D eigenvalue weighted by molar-refractivity contribution is -0.00135. The van der Waals surface area contributed by atoms with Gasteiger partial charge >= 0.3 is 0 Å². The molecule has 0 rings (SSSR count). The van der Waals surface area contributed by atoms with Gasteiger partial charge in [-0.1, -0.05) is 48.0 Å². The van der Waals surface area contributed by atoms with Crippen LogP contribution in [-0.4, -0.2) is 130 Å². The van der Waals surface area contributed by atoms with Crippen molar-refractivity contribution in [3.8, 4) is 0 Å². The Morgan fingerprint density at radius 3 is 0.711 bits per heavy atom. The molecule has 0 saturated heterocycles. The SMILES string of the molecule is CC.CC.CCC.CCOCCOCCOCCN(CCOCCOCC)CCOCCOCCOCC. The van der Waals surface area contributed by atoms with Crippen LogP contribution in [0.15, 0.2) is 0 Å². The van der Waals surface area contributed by atoms with Crippen molar-refractivity contribution < 1.29 is 37.9 Å². The molecule has 0 N–H and O–H groups in total.